The Morgan fingerprint density at radius 3 is 2.50 bits per heavy atom. The molecule has 20 heavy (non-hydrogen) atoms. The molecule has 0 spiro atoms. The zero-order valence-electron chi connectivity index (χ0n) is 10.8. The minimum atomic E-state index is -0.439. The Labute approximate surface area is 115 Å². The summed E-state index contributed by atoms with van der Waals surface area (Å²) in [6.45, 7) is 0. The molecule has 0 atom stereocenters. The molecule has 0 aliphatic carbocycles. The first-order chi connectivity index (χ1) is 9.81. The number of hydrogen-bond acceptors (Lipinski definition) is 4. The number of esters is 1. The molecule has 0 saturated heterocycles. The third-order valence-corrected chi connectivity index (χ3v) is 3.00. The highest BCUT2D eigenvalue weighted by atomic mass is 16.5. The van der Waals surface area contributed by atoms with Gasteiger partial charge in [-0.05, 0) is 17.7 Å². The van der Waals surface area contributed by atoms with Crippen LogP contribution in [0.3, 0.4) is 0 Å². The lowest BCUT2D eigenvalue weighted by Crippen LogP contribution is -2.01. The fourth-order valence-corrected chi connectivity index (χ4v) is 2.10. The summed E-state index contributed by atoms with van der Waals surface area (Å²) in [5.74, 6) is 0.644. The molecule has 3 aromatic rings. The van der Waals surface area contributed by atoms with E-state index in [9.17, 15) is 4.79 Å². The average Bonchev–Trinajstić information content (AvgIpc) is 3.15. The number of rotatable bonds is 3. The first kappa shape index (κ1) is 12.3. The van der Waals surface area contributed by atoms with E-state index in [1.54, 1.807) is 18.4 Å². The Morgan fingerprint density at radius 2 is 1.85 bits per heavy atom. The van der Waals surface area contributed by atoms with Crippen LogP contribution in [0.5, 0.6) is 0 Å². The van der Waals surface area contributed by atoms with Gasteiger partial charge in [0.15, 0.2) is 11.5 Å². The van der Waals surface area contributed by atoms with Crippen molar-refractivity contribution in [3.05, 3.63) is 60.6 Å². The van der Waals surface area contributed by atoms with Crippen LogP contribution in [0.2, 0.25) is 0 Å². The fraction of sp³-hybridized carbons (Fsp3) is 0.0625. The largest absolute Gasteiger partial charge is 0.465 e. The van der Waals surface area contributed by atoms with E-state index in [0.29, 0.717) is 22.6 Å². The van der Waals surface area contributed by atoms with E-state index in [1.807, 2.05) is 30.3 Å². The molecule has 4 nitrogen and oxygen atoms in total. The van der Waals surface area contributed by atoms with Crippen molar-refractivity contribution >= 4 is 5.97 Å². The number of ether oxygens (including phenoxy) is 1. The monoisotopic (exact) mass is 268 g/mol. The maximum absolute atomic E-state index is 11.9. The van der Waals surface area contributed by atoms with Crippen LogP contribution in [0.1, 0.15) is 10.4 Å². The van der Waals surface area contributed by atoms with Crippen molar-refractivity contribution in [3.8, 4) is 22.6 Å². The van der Waals surface area contributed by atoms with Gasteiger partial charge in [-0.3, -0.25) is 0 Å². The van der Waals surface area contributed by atoms with Gasteiger partial charge in [0.05, 0.1) is 13.4 Å². The maximum Gasteiger partial charge on any atom is 0.341 e. The molecule has 0 radical (unpaired) electrons. The van der Waals surface area contributed by atoms with Crippen LogP contribution in [-0.4, -0.2) is 13.1 Å². The van der Waals surface area contributed by atoms with Gasteiger partial charge in [-0.1, -0.05) is 30.3 Å². The molecular weight excluding hydrogens is 256 g/mol. The van der Waals surface area contributed by atoms with Crippen LogP contribution < -0.4 is 0 Å². The number of methoxy groups -OCH3 is 1. The first-order valence-corrected chi connectivity index (χ1v) is 6.10. The van der Waals surface area contributed by atoms with E-state index >= 15 is 0 Å². The molecule has 0 fully saturated rings. The van der Waals surface area contributed by atoms with Crippen LogP contribution in [-0.2, 0) is 4.74 Å². The Bertz CT molecular complexity index is 708. The number of carbonyl (C=O) groups excluding carboxylic acids is 1. The van der Waals surface area contributed by atoms with Crippen molar-refractivity contribution in [1.29, 1.82) is 0 Å². The van der Waals surface area contributed by atoms with Crippen LogP contribution in [0.15, 0.2) is 63.8 Å². The molecule has 0 saturated carbocycles. The molecule has 0 amide bonds. The van der Waals surface area contributed by atoms with Gasteiger partial charge in [-0.25, -0.2) is 4.79 Å². The summed E-state index contributed by atoms with van der Waals surface area (Å²) in [4.78, 5) is 11.9. The standard InChI is InChI=1S/C16H12O4/c1-18-16(17)12-10-20-15(13-8-5-9-19-13)14(12)11-6-3-2-4-7-11/h2-10H,1H3. The zero-order valence-corrected chi connectivity index (χ0v) is 10.8. The molecule has 0 bridgehead atoms. The van der Waals surface area contributed by atoms with Gasteiger partial charge in [-0.15, -0.1) is 0 Å². The van der Waals surface area contributed by atoms with Gasteiger partial charge >= 0.3 is 5.97 Å². The lowest BCUT2D eigenvalue weighted by Gasteiger charge is -2.03. The third-order valence-electron chi connectivity index (χ3n) is 3.00. The van der Waals surface area contributed by atoms with Crippen LogP contribution >= 0.6 is 0 Å². The molecule has 0 N–H and O–H groups in total. The van der Waals surface area contributed by atoms with Crippen LogP contribution in [0, 0.1) is 0 Å². The molecule has 0 aliphatic rings. The fourth-order valence-electron chi connectivity index (χ4n) is 2.10. The summed E-state index contributed by atoms with van der Waals surface area (Å²) in [5, 5.41) is 0. The smallest absolute Gasteiger partial charge is 0.341 e. The zero-order chi connectivity index (χ0) is 13.9. The lowest BCUT2D eigenvalue weighted by atomic mass is 10.0. The van der Waals surface area contributed by atoms with Crippen LogP contribution in [0.4, 0.5) is 0 Å². The Balaban J connectivity index is 2.23. The Kier molecular flexibility index (Phi) is 3.13. The van der Waals surface area contributed by atoms with E-state index in [4.69, 9.17) is 13.6 Å². The second-order valence-corrected chi connectivity index (χ2v) is 4.19. The number of furan rings is 2. The van der Waals surface area contributed by atoms with E-state index < -0.39 is 5.97 Å². The summed E-state index contributed by atoms with van der Waals surface area (Å²) >= 11 is 0. The average molecular weight is 268 g/mol. The lowest BCUT2D eigenvalue weighted by molar-refractivity contribution is 0.0600. The van der Waals surface area contributed by atoms with Crippen molar-refractivity contribution in [2.24, 2.45) is 0 Å². The molecule has 2 aromatic heterocycles. The van der Waals surface area contributed by atoms with Crippen molar-refractivity contribution in [1.82, 2.24) is 0 Å². The van der Waals surface area contributed by atoms with Gasteiger partial charge in [0, 0.05) is 5.56 Å². The highest BCUT2D eigenvalue weighted by Crippen LogP contribution is 2.37. The molecular formula is C16H12O4. The predicted octanol–water partition coefficient (Wildman–Crippen LogP) is 3.99. The Morgan fingerprint density at radius 1 is 1.05 bits per heavy atom. The summed E-state index contributed by atoms with van der Waals surface area (Å²) in [5.41, 5.74) is 1.92. The topological polar surface area (TPSA) is 52.6 Å². The molecule has 3 rings (SSSR count). The van der Waals surface area contributed by atoms with E-state index in [2.05, 4.69) is 0 Å². The second kappa shape index (κ2) is 5.09. The molecule has 0 aliphatic heterocycles. The minimum Gasteiger partial charge on any atom is -0.465 e. The molecule has 1 aromatic carbocycles. The summed E-state index contributed by atoms with van der Waals surface area (Å²) < 4.78 is 15.7. The summed E-state index contributed by atoms with van der Waals surface area (Å²) in [6, 6.07) is 13.1. The quantitative estimate of drug-likeness (QED) is 0.674. The third kappa shape index (κ3) is 2.01. The highest BCUT2D eigenvalue weighted by molar-refractivity contribution is 6.00. The first-order valence-electron chi connectivity index (χ1n) is 6.10. The van der Waals surface area contributed by atoms with Crippen molar-refractivity contribution in [2.75, 3.05) is 7.11 Å². The van der Waals surface area contributed by atoms with Gasteiger partial charge < -0.3 is 13.6 Å². The van der Waals surface area contributed by atoms with Crippen molar-refractivity contribution in [3.63, 3.8) is 0 Å². The predicted molar refractivity (Wildman–Crippen MR) is 73.2 cm³/mol. The number of carbonyl (C=O) groups is 1. The maximum atomic E-state index is 11.9. The summed E-state index contributed by atoms with van der Waals surface area (Å²) in [6.07, 6.45) is 2.95. The second-order valence-electron chi connectivity index (χ2n) is 4.19. The number of hydrogen-bond donors (Lipinski definition) is 0. The van der Waals surface area contributed by atoms with E-state index in [1.165, 1.54) is 13.4 Å². The van der Waals surface area contributed by atoms with Crippen LogP contribution in [0.25, 0.3) is 22.6 Å². The van der Waals surface area contributed by atoms with Gasteiger partial charge in [0.25, 0.3) is 0 Å². The normalized spacial score (nSPS) is 10.4. The van der Waals surface area contributed by atoms with Gasteiger partial charge in [0.2, 0.25) is 0 Å². The van der Waals surface area contributed by atoms with Crippen molar-refractivity contribution in [2.45, 2.75) is 0 Å². The molecule has 100 valence electrons. The van der Waals surface area contributed by atoms with E-state index in [0.717, 1.165) is 5.56 Å². The Hall–Kier alpha value is -2.75. The highest BCUT2D eigenvalue weighted by Gasteiger charge is 2.23. The SMILES string of the molecule is COC(=O)c1coc(-c2ccco2)c1-c1ccccc1. The molecule has 2 heterocycles. The molecule has 0 unspecified atom stereocenters. The minimum absolute atomic E-state index is 0.380. The van der Waals surface area contributed by atoms with Gasteiger partial charge in [-0.2, -0.15) is 0 Å². The van der Waals surface area contributed by atoms with Gasteiger partial charge in [0.1, 0.15) is 11.8 Å². The number of benzene rings is 1. The summed E-state index contributed by atoms with van der Waals surface area (Å²) in [7, 11) is 1.34. The van der Waals surface area contributed by atoms with E-state index in [-0.39, 0.29) is 0 Å². The van der Waals surface area contributed by atoms with Crippen molar-refractivity contribution < 1.29 is 18.4 Å². The molecule has 4 heteroatoms.